The molecule has 64 heavy (non-hydrogen) atoms. The summed E-state index contributed by atoms with van der Waals surface area (Å²) in [5, 5.41) is 35.4. The number of carboxylic acid groups (broad SMARTS) is 2. The van der Waals surface area contributed by atoms with E-state index in [2.05, 4.69) is 29.9 Å². The lowest BCUT2D eigenvalue weighted by Crippen LogP contribution is -2.44. The first-order valence-corrected chi connectivity index (χ1v) is 22.3. The molecule has 324 valence electrons. The summed E-state index contributed by atoms with van der Waals surface area (Å²) in [6, 6.07) is 26.8. The largest absolute Gasteiger partial charge is 0.478 e. The van der Waals surface area contributed by atoms with Gasteiger partial charge in [-0.1, -0.05) is 54.6 Å². The smallest absolute Gasteiger partial charge is 0.334 e. The first kappa shape index (κ1) is 45.0. The molecule has 0 saturated carbocycles. The third-order valence-electron chi connectivity index (χ3n) is 12.2. The molecule has 2 atom stereocenters. The number of ketones is 2. The summed E-state index contributed by atoms with van der Waals surface area (Å²) in [6.45, 7) is 14.9. The first-order chi connectivity index (χ1) is 30.5. The molecule has 11 nitrogen and oxygen atoms in total. The highest BCUT2D eigenvalue weighted by Crippen LogP contribution is 2.50. The van der Waals surface area contributed by atoms with E-state index in [0.717, 1.165) is 54.1 Å². The number of aliphatic carboxylic acids is 2. The number of carbonyl (C=O) groups excluding carboxylic acids is 2. The molecule has 4 aromatic heterocycles. The number of rotatable bonds is 10. The molecule has 6 heterocycles. The third-order valence-corrected chi connectivity index (χ3v) is 14.1. The monoisotopic (exact) mass is 889 g/mol. The number of Topliss-reactive ketones (excluding diaryl/α,β-unsaturated/α-hetero) is 2. The number of nitrogens with zero attached hydrogens (tertiary/aromatic N) is 5. The van der Waals surface area contributed by atoms with Crippen molar-refractivity contribution in [3.63, 3.8) is 0 Å². The second kappa shape index (κ2) is 18.0. The number of allylic oxidation sites excluding steroid dienone is 6. The minimum absolute atomic E-state index is 0.129. The average molecular weight is 890 g/mol. The van der Waals surface area contributed by atoms with Crippen molar-refractivity contribution >= 4 is 66.6 Å². The predicted octanol–water partition coefficient (Wildman–Crippen LogP) is 10.8. The highest BCUT2D eigenvalue weighted by atomic mass is 32.1. The molecule has 0 bridgehead atoms. The highest BCUT2D eigenvalue weighted by molar-refractivity contribution is 7.17. The maximum atomic E-state index is 13.0. The van der Waals surface area contributed by atoms with Crippen molar-refractivity contribution in [2.45, 2.75) is 79.3 Å². The van der Waals surface area contributed by atoms with Gasteiger partial charge in [-0.2, -0.15) is 5.26 Å². The van der Waals surface area contributed by atoms with Gasteiger partial charge in [0.15, 0.2) is 11.6 Å². The number of hydrogen-bond donors (Lipinski definition) is 2. The van der Waals surface area contributed by atoms with E-state index >= 15 is 0 Å². The van der Waals surface area contributed by atoms with Gasteiger partial charge in [-0.25, -0.2) is 19.6 Å². The Morgan fingerprint density at radius 1 is 0.672 bits per heavy atom. The molecular weight excluding hydrogens is 843 g/mol. The number of carbonyl (C=O) groups is 4. The summed E-state index contributed by atoms with van der Waals surface area (Å²) in [5.74, 6) is -3.70. The van der Waals surface area contributed by atoms with Gasteiger partial charge in [0.25, 0.3) is 0 Å². The minimum atomic E-state index is -1.06. The third kappa shape index (κ3) is 8.06. The minimum Gasteiger partial charge on any atom is -0.478 e. The van der Waals surface area contributed by atoms with Crippen LogP contribution in [-0.2, 0) is 31.3 Å². The molecule has 13 heteroatoms. The first-order valence-electron chi connectivity index (χ1n) is 20.6. The Kier molecular flexibility index (Phi) is 12.7. The Balaban J connectivity index is 0.000000191. The molecule has 6 aromatic rings. The molecule has 2 N–H and O–H groups in total. The fraction of sp³-hybridized carbons (Fsp3) is 0.235. The zero-order chi connectivity index (χ0) is 46.2. The van der Waals surface area contributed by atoms with Crippen molar-refractivity contribution in [3.05, 3.63) is 175 Å². The Morgan fingerprint density at radius 2 is 1.16 bits per heavy atom. The highest BCUT2D eigenvalue weighted by Gasteiger charge is 2.44. The van der Waals surface area contributed by atoms with E-state index in [1.807, 2.05) is 102 Å². The Labute approximate surface area is 379 Å². The van der Waals surface area contributed by atoms with Crippen LogP contribution in [0.1, 0.15) is 95.0 Å². The van der Waals surface area contributed by atoms with Crippen LogP contribution in [0.25, 0.3) is 20.4 Å². The van der Waals surface area contributed by atoms with Crippen LogP contribution >= 0.6 is 22.7 Å². The molecule has 2 aliphatic rings. The van der Waals surface area contributed by atoms with E-state index in [9.17, 15) is 34.7 Å². The molecule has 0 fully saturated rings. The quantitative estimate of drug-likeness (QED) is 0.134. The number of thiophene rings is 2. The molecule has 2 aliphatic heterocycles. The van der Waals surface area contributed by atoms with Gasteiger partial charge in [-0.05, 0) is 113 Å². The molecule has 0 amide bonds. The van der Waals surface area contributed by atoms with E-state index in [4.69, 9.17) is 0 Å². The van der Waals surface area contributed by atoms with Crippen LogP contribution < -0.4 is 0 Å². The van der Waals surface area contributed by atoms with Gasteiger partial charge in [0.05, 0.1) is 28.3 Å². The van der Waals surface area contributed by atoms with Crippen LogP contribution in [0.2, 0.25) is 0 Å². The van der Waals surface area contributed by atoms with E-state index in [-0.39, 0.29) is 22.7 Å². The second-order valence-electron chi connectivity index (χ2n) is 16.3. The second-order valence-corrected chi connectivity index (χ2v) is 18.1. The van der Waals surface area contributed by atoms with Crippen molar-refractivity contribution in [2.75, 3.05) is 0 Å². The van der Waals surface area contributed by atoms with Crippen LogP contribution in [0.3, 0.4) is 0 Å². The Bertz CT molecular complexity index is 2980. The average Bonchev–Trinajstić information content (AvgIpc) is 3.89. The van der Waals surface area contributed by atoms with Crippen LogP contribution in [0, 0.1) is 11.3 Å². The Morgan fingerprint density at radius 3 is 1.66 bits per heavy atom. The van der Waals surface area contributed by atoms with Crippen molar-refractivity contribution in [1.82, 2.24) is 19.8 Å². The van der Waals surface area contributed by atoms with Gasteiger partial charge < -0.3 is 20.0 Å². The maximum absolute atomic E-state index is 13.0. The number of fused-ring (bicyclic) bond motifs is 2. The topological polar surface area (TPSA) is 165 Å². The van der Waals surface area contributed by atoms with E-state index in [1.54, 1.807) is 37.5 Å². The van der Waals surface area contributed by atoms with Gasteiger partial charge in [0, 0.05) is 75.5 Å². The number of carboxylic acids is 2. The number of pyridine rings is 2. The summed E-state index contributed by atoms with van der Waals surface area (Å²) in [6.07, 6.45) is 3.42. The summed E-state index contributed by atoms with van der Waals surface area (Å²) >= 11 is 2.91. The van der Waals surface area contributed by atoms with Crippen LogP contribution in [0.4, 0.5) is 0 Å². The number of hydrogen-bond acceptors (Lipinski definition) is 11. The molecule has 2 aromatic carbocycles. The molecule has 0 saturated heterocycles. The van der Waals surface area contributed by atoms with Gasteiger partial charge in [0.1, 0.15) is 9.66 Å². The van der Waals surface area contributed by atoms with E-state index in [1.165, 1.54) is 36.5 Å². The van der Waals surface area contributed by atoms with Crippen molar-refractivity contribution < 1.29 is 29.4 Å². The van der Waals surface area contributed by atoms with E-state index in [0.29, 0.717) is 34.6 Å². The van der Waals surface area contributed by atoms with Crippen molar-refractivity contribution in [2.24, 2.45) is 0 Å². The maximum Gasteiger partial charge on any atom is 0.334 e. The standard InChI is InChI=1S/C26H26N2O3S.C25H21N3O3S/c1-15-21(17(3)29)23(20-14-32-24-19(20)12-9-13-27-24)22(25(30)31)16(2)28(15)26(4,5)18-10-7-6-8-11-18;1-14-21(16(3)29)23(20-13-32-24-19(20)8-5-9-27-24)22(25(30)31)15(2)28(14)12-18-7-4-6-17(10-18)11-26/h6-14,23H,1-5H3,(H,30,31);4-10,13,23H,12H2,1-3H3,(H,30,31). The van der Waals surface area contributed by atoms with Gasteiger partial charge in [-0.15, -0.1) is 22.7 Å². The van der Waals surface area contributed by atoms with Crippen LogP contribution in [-0.4, -0.2) is 53.5 Å². The molecule has 0 radical (unpaired) electrons. The number of benzene rings is 2. The van der Waals surface area contributed by atoms with Crippen LogP contribution in [0.5, 0.6) is 0 Å². The summed E-state index contributed by atoms with van der Waals surface area (Å²) in [7, 11) is 0. The molecule has 0 aliphatic carbocycles. The van der Waals surface area contributed by atoms with Gasteiger partial charge in [0.2, 0.25) is 0 Å². The zero-order valence-electron chi connectivity index (χ0n) is 36.8. The molecule has 0 spiro atoms. The normalized spacial score (nSPS) is 16.9. The predicted molar refractivity (Wildman–Crippen MR) is 250 cm³/mol. The van der Waals surface area contributed by atoms with E-state index < -0.39 is 29.3 Å². The Hall–Kier alpha value is -7.01. The molecule has 8 rings (SSSR count). The lowest BCUT2D eigenvalue weighted by molar-refractivity contribution is -0.134. The molecule has 2 unspecified atom stereocenters. The SMILES string of the molecule is CC(=O)C1=C(C)N(C(C)(C)c2ccccc2)C(C)=C(C(=O)O)C1c1csc2ncccc12.CC(=O)C1=C(C)N(Cc2cccc(C#N)c2)C(C)=C(C(=O)O)C1c1csc2ncccc12. The van der Waals surface area contributed by atoms with Gasteiger partial charge in [-0.3, -0.25) is 9.59 Å². The summed E-state index contributed by atoms with van der Waals surface area (Å²) in [4.78, 5) is 65.4. The lowest BCUT2D eigenvalue weighted by atomic mass is 9.76. The fourth-order valence-corrected chi connectivity index (χ4v) is 11.3. The number of aromatic nitrogens is 2. The number of nitriles is 1. The van der Waals surface area contributed by atoms with Gasteiger partial charge >= 0.3 is 11.9 Å². The van der Waals surface area contributed by atoms with Crippen LogP contribution in [0.15, 0.2) is 147 Å². The van der Waals surface area contributed by atoms with Crippen molar-refractivity contribution in [1.29, 1.82) is 5.26 Å². The molecular formula is C51H47N5O6S2. The van der Waals surface area contributed by atoms with Crippen molar-refractivity contribution in [3.8, 4) is 6.07 Å². The summed E-state index contributed by atoms with van der Waals surface area (Å²) < 4.78 is 0. The fourth-order valence-electron chi connectivity index (χ4n) is 9.45. The summed E-state index contributed by atoms with van der Waals surface area (Å²) in [5.41, 5.74) is 7.58. The zero-order valence-corrected chi connectivity index (χ0v) is 38.4. The lowest BCUT2D eigenvalue weighted by Gasteiger charge is -2.47.